The molecule has 0 spiro atoms. The van der Waals surface area contributed by atoms with E-state index in [0.717, 1.165) is 10.9 Å². The smallest absolute Gasteiger partial charge is 0.336 e. The highest BCUT2D eigenvalue weighted by atomic mass is 35.5. The molecule has 0 aliphatic carbocycles. The Morgan fingerprint density at radius 3 is 2.46 bits per heavy atom. The van der Waals surface area contributed by atoms with Crippen LogP contribution in [0.3, 0.4) is 0 Å². The summed E-state index contributed by atoms with van der Waals surface area (Å²) >= 11 is 6.24. The number of carbonyl (C=O) groups excluding carboxylic acids is 1. The number of halogens is 1. The first-order chi connectivity index (χ1) is 13.1. The molecule has 28 heavy (non-hydrogen) atoms. The number of amides is 1. The lowest BCUT2D eigenvalue weighted by Gasteiger charge is -2.19. The minimum Gasteiger partial charge on any atom is -0.482 e. The quantitative estimate of drug-likeness (QED) is 0.622. The summed E-state index contributed by atoms with van der Waals surface area (Å²) in [6, 6.07) is 12.3. The lowest BCUT2D eigenvalue weighted by Crippen LogP contribution is -2.20. The van der Waals surface area contributed by atoms with Crippen molar-refractivity contribution in [1.29, 1.82) is 0 Å². The van der Waals surface area contributed by atoms with Gasteiger partial charge >= 0.3 is 5.63 Å². The normalized spacial score (nSPS) is 11.5. The number of ether oxygens (including phenoxy) is 1. The molecule has 5 nitrogen and oxygen atoms in total. The number of hydrogen-bond acceptors (Lipinski definition) is 4. The van der Waals surface area contributed by atoms with Crippen LogP contribution in [-0.2, 0) is 10.2 Å². The zero-order valence-corrected chi connectivity index (χ0v) is 17.0. The van der Waals surface area contributed by atoms with Gasteiger partial charge in [0.05, 0.1) is 5.02 Å². The molecule has 1 amide bonds. The molecule has 1 heterocycles. The van der Waals surface area contributed by atoms with Gasteiger partial charge in [0.25, 0.3) is 5.91 Å². The topological polar surface area (TPSA) is 68.5 Å². The zero-order chi connectivity index (χ0) is 20.5. The van der Waals surface area contributed by atoms with E-state index in [-0.39, 0.29) is 23.7 Å². The van der Waals surface area contributed by atoms with Crippen LogP contribution in [0.2, 0.25) is 5.02 Å². The number of nitrogens with one attached hydrogen (secondary N) is 1. The third-order valence-electron chi connectivity index (χ3n) is 4.40. The van der Waals surface area contributed by atoms with Crippen molar-refractivity contribution in [2.45, 2.75) is 33.1 Å². The van der Waals surface area contributed by atoms with Gasteiger partial charge in [-0.2, -0.15) is 0 Å². The van der Waals surface area contributed by atoms with Crippen molar-refractivity contribution in [3.63, 3.8) is 0 Å². The summed E-state index contributed by atoms with van der Waals surface area (Å²) in [4.78, 5) is 23.7. The van der Waals surface area contributed by atoms with Crippen molar-refractivity contribution in [1.82, 2.24) is 0 Å². The van der Waals surface area contributed by atoms with Crippen LogP contribution in [-0.4, -0.2) is 12.5 Å². The van der Waals surface area contributed by atoms with E-state index in [1.807, 2.05) is 24.3 Å². The highest BCUT2D eigenvalue weighted by molar-refractivity contribution is 6.32. The molecule has 0 saturated carbocycles. The molecule has 0 unspecified atom stereocenters. The zero-order valence-electron chi connectivity index (χ0n) is 16.3. The molecule has 0 bridgehead atoms. The molecule has 0 aliphatic heterocycles. The van der Waals surface area contributed by atoms with E-state index in [1.54, 1.807) is 13.0 Å². The van der Waals surface area contributed by atoms with Gasteiger partial charge in [-0.3, -0.25) is 4.79 Å². The molecule has 0 fully saturated rings. The van der Waals surface area contributed by atoms with E-state index in [2.05, 4.69) is 26.1 Å². The predicted molar refractivity (Wildman–Crippen MR) is 111 cm³/mol. The van der Waals surface area contributed by atoms with Gasteiger partial charge in [-0.25, -0.2) is 4.79 Å². The number of carbonyl (C=O) groups is 1. The number of anilines is 1. The van der Waals surface area contributed by atoms with Crippen molar-refractivity contribution in [2.24, 2.45) is 0 Å². The minimum absolute atomic E-state index is 0.0475. The summed E-state index contributed by atoms with van der Waals surface area (Å²) in [5, 5.41) is 3.85. The van der Waals surface area contributed by atoms with Crippen LogP contribution >= 0.6 is 11.6 Å². The minimum atomic E-state index is -0.449. The number of benzene rings is 2. The summed E-state index contributed by atoms with van der Waals surface area (Å²) in [5.41, 5.74) is 2.59. The second-order valence-corrected chi connectivity index (χ2v) is 8.10. The second kappa shape index (κ2) is 7.68. The van der Waals surface area contributed by atoms with Crippen LogP contribution < -0.4 is 15.7 Å². The number of fused-ring (bicyclic) bond motifs is 1. The largest absolute Gasteiger partial charge is 0.482 e. The summed E-state index contributed by atoms with van der Waals surface area (Å²) in [6.45, 7) is 7.97. The summed E-state index contributed by atoms with van der Waals surface area (Å²) in [6.07, 6.45) is 0. The summed E-state index contributed by atoms with van der Waals surface area (Å²) < 4.78 is 10.7. The third-order valence-corrected chi connectivity index (χ3v) is 4.69. The Morgan fingerprint density at radius 1 is 1.14 bits per heavy atom. The van der Waals surface area contributed by atoms with Gasteiger partial charge in [-0.15, -0.1) is 0 Å². The molecule has 0 atom stereocenters. The Hall–Kier alpha value is -2.79. The first-order valence-corrected chi connectivity index (χ1v) is 9.28. The molecule has 3 rings (SSSR count). The van der Waals surface area contributed by atoms with E-state index in [0.29, 0.717) is 16.3 Å². The van der Waals surface area contributed by atoms with Gasteiger partial charge in [0.15, 0.2) is 6.61 Å². The molecule has 0 aliphatic rings. The summed E-state index contributed by atoms with van der Waals surface area (Å²) in [5.74, 6) is -0.0356. The van der Waals surface area contributed by atoms with Crippen LogP contribution in [0.1, 0.15) is 31.9 Å². The highest BCUT2D eigenvalue weighted by Gasteiger charge is 2.14. The Bertz CT molecular complexity index is 1080. The van der Waals surface area contributed by atoms with Gasteiger partial charge in [-0.05, 0) is 41.7 Å². The van der Waals surface area contributed by atoms with E-state index in [9.17, 15) is 9.59 Å². The maximum Gasteiger partial charge on any atom is 0.336 e. The van der Waals surface area contributed by atoms with Crippen LogP contribution in [0.4, 0.5) is 5.69 Å². The third kappa shape index (κ3) is 4.54. The SMILES string of the molecule is Cc1cc(=O)oc2cc(OCC(=O)Nc3ccc(C(C)(C)C)cc3)c(Cl)cc12. The van der Waals surface area contributed by atoms with Gasteiger partial charge in [0.2, 0.25) is 0 Å². The van der Waals surface area contributed by atoms with Crippen LogP contribution in [0.5, 0.6) is 5.75 Å². The number of hydrogen-bond donors (Lipinski definition) is 1. The molecule has 146 valence electrons. The molecule has 6 heteroatoms. The Labute approximate surface area is 168 Å². The fourth-order valence-corrected chi connectivity index (χ4v) is 3.04. The fourth-order valence-electron chi connectivity index (χ4n) is 2.82. The average Bonchev–Trinajstić information content (AvgIpc) is 2.60. The Balaban J connectivity index is 1.69. The first kappa shape index (κ1) is 20.0. The van der Waals surface area contributed by atoms with Gasteiger partial charge in [-0.1, -0.05) is 44.5 Å². The van der Waals surface area contributed by atoms with E-state index in [1.165, 1.54) is 17.7 Å². The molecular formula is C22H22ClNO4. The Kier molecular flexibility index (Phi) is 5.47. The highest BCUT2D eigenvalue weighted by Crippen LogP contribution is 2.31. The van der Waals surface area contributed by atoms with Crippen molar-refractivity contribution in [3.05, 3.63) is 69.0 Å². The van der Waals surface area contributed by atoms with Crippen molar-refractivity contribution in [3.8, 4) is 5.75 Å². The lowest BCUT2D eigenvalue weighted by atomic mass is 9.87. The predicted octanol–water partition coefficient (Wildman–Crippen LogP) is 5.07. The maximum atomic E-state index is 12.2. The standard InChI is InChI=1S/C22H22ClNO4/c1-13-9-21(26)28-18-11-19(17(23)10-16(13)18)27-12-20(25)24-15-7-5-14(6-8-15)22(2,3)4/h5-11H,12H2,1-4H3,(H,24,25). The van der Waals surface area contributed by atoms with Gasteiger partial charge < -0.3 is 14.5 Å². The van der Waals surface area contributed by atoms with Crippen molar-refractivity contribution >= 4 is 34.2 Å². The lowest BCUT2D eigenvalue weighted by molar-refractivity contribution is -0.118. The number of aryl methyl sites for hydroxylation is 1. The van der Waals surface area contributed by atoms with Crippen LogP contribution in [0.25, 0.3) is 11.0 Å². The molecule has 1 aromatic heterocycles. The molecule has 1 N–H and O–H groups in total. The first-order valence-electron chi connectivity index (χ1n) is 8.91. The number of rotatable bonds is 4. The molecule has 2 aromatic carbocycles. The monoisotopic (exact) mass is 399 g/mol. The molecule has 3 aromatic rings. The van der Waals surface area contributed by atoms with E-state index in [4.69, 9.17) is 20.8 Å². The molecular weight excluding hydrogens is 378 g/mol. The van der Waals surface area contributed by atoms with Crippen molar-refractivity contribution < 1.29 is 13.9 Å². The average molecular weight is 400 g/mol. The fraction of sp³-hybridized carbons (Fsp3) is 0.273. The molecule has 0 radical (unpaired) electrons. The van der Waals surface area contributed by atoms with Gasteiger partial charge in [0.1, 0.15) is 11.3 Å². The van der Waals surface area contributed by atoms with Crippen LogP contribution in [0.15, 0.2) is 51.7 Å². The second-order valence-electron chi connectivity index (χ2n) is 7.69. The van der Waals surface area contributed by atoms with Crippen molar-refractivity contribution in [2.75, 3.05) is 11.9 Å². The van der Waals surface area contributed by atoms with Gasteiger partial charge in [0, 0.05) is 23.2 Å². The summed E-state index contributed by atoms with van der Waals surface area (Å²) in [7, 11) is 0. The maximum absolute atomic E-state index is 12.2. The van der Waals surface area contributed by atoms with Crippen LogP contribution in [0, 0.1) is 6.92 Å². The molecule has 0 saturated heterocycles. The van der Waals surface area contributed by atoms with E-state index < -0.39 is 5.63 Å². The Morgan fingerprint density at radius 2 is 1.82 bits per heavy atom. The van der Waals surface area contributed by atoms with E-state index >= 15 is 0 Å².